The highest BCUT2D eigenvalue weighted by molar-refractivity contribution is 4.92. The van der Waals surface area contributed by atoms with Gasteiger partial charge in [-0.15, -0.1) is 0 Å². The van der Waals surface area contributed by atoms with Crippen LogP contribution in [0.15, 0.2) is 0 Å². The zero-order chi connectivity index (χ0) is 14.0. The molecule has 0 spiro atoms. The summed E-state index contributed by atoms with van der Waals surface area (Å²) in [7, 11) is 2.37. The molecule has 19 heavy (non-hydrogen) atoms. The Morgan fingerprint density at radius 3 is 2.42 bits per heavy atom. The Balaban J connectivity index is 2.00. The lowest BCUT2D eigenvalue weighted by atomic mass is 9.69. The van der Waals surface area contributed by atoms with E-state index in [0.717, 1.165) is 30.5 Å². The molecule has 2 rings (SSSR count). The third-order valence-electron chi connectivity index (χ3n) is 5.87. The van der Waals surface area contributed by atoms with Crippen molar-refractivity contribution < 1.29 is 0 Å². The van der Waals surface area contributed by atoms with Crippen molar-refractivity contribution in [1.29, 1.82) is 0 Å². The summed E-state index contributed by atoms with van der Waals surface area (Å²) in [6.45, 7) is 8.20. The lowest BCUT2D eigenvalue weighted by molar-refractivity contribution is 0.0199. The molecule has 0 aromatic rings. The molecule has 2 nitrogen and oxygen atoms in total. The zero-order valence-corrected chi connectivity index (χ0v) is 13.5. The van der Waals surface area contributed by atoms with E-state index in [1.54, 1.807) is 0 Å². The Labute approximate surface area is 120 Å². The van der Waals surface area contributed by atoms with Crippen LogP contribution in [0.4, 0.5) is 0 Å². The molecule has 0 amide bonds. The van der Waals surface area contributed by atoms with Crippen molar-refractivity contribution in [2.75, 3.05) is 13.6 Å². The van der Waals surface area contributed by atoms with Gasteiger partial charge in [0.15, 0.2) is 0 Å². The van der Waals surface area contributed by atoms with Crippen LogP contribution in [0.3, 0.4) is 0 Å². The van der Waals surface area contributed by atoms with Gasteiger partial charge >= 0.3 is 0 Å². The molecule has 0 saturated heterocycles. The molecule has 0 aromatic heterocycles. The fourth-order valence-electron chi connectivity index (χ4n) is 4.78. The second kappa shape index (κ2) is 6.13. The molecule has 2 N–H and O–H groups in total. The first-order valence-corrected chi connectivity index (χ1v) is 8.36. The fraction of sp³-hybridized carbons (Fsp3) is 1.00. The minimum Gasteiger partial charge on any atom is -0.330 e. The highest BCUT2D eigenvalue weighted by Gasteiger charge is 2.38. The quantitative estimate of drug-likeness (QED) is 0.845. The van der Waals surface area contributed by atoms with E-state index in [4.69, 9.17) is 5.73 Å². The second-order valence-corrected chi connectivity index (χ2v) is 7.96. The lowest BCUT2D eigenvalue weighted by Crippen LogP contribution is -2.51. The van der Waals surface area contributed by atoms with Crippen molar-refractivity contribution in [2.45, 2.75) is 77.8 Å². The highest BCUT2D eigenvalue weighted by atomic mass is 15.2. The Morgan fingerprint density at radius 2 is 1.79 bits per heavy atom. The molecule has 0 bridgehead atoms. The molecule has 0 aliphatic heterocycles. The van der Waals surface area contributed by atoms with Gasteiger partial charge < -0.3 is 5.73 Å². The van der Waals surface area contributed by atoms with Gasteiger partial charge in [-0.25, -0.2) is 0 Å². The van der Waals surface area contributed by atoms with Crippen molar-refractivity contribution >= 4 is 0 Å². The van der Waals surface area contributed by atoms with Crippen molar-refractivity contribution in [2.24, 2.45) is 23.0 Å². The first kappa shape index (κ1) is 15.3. The number of hydrogen-bond donors (Lipinski definition) is 1. The molecule has 2 saturated carbocycles. The van der Waals surface area contributed by atoms with Crippen LogP contribution in [0.1, 0.15) is 65.7 Å². The van der Waals surface area contributed by atoms with Crippen LogP contribution in [-0.2, 0) is 0 Å². The van der Waals surface area contributed by atoms with Gasteiger partial charge in [0.05, 0.1) is 0 Å². The molecule has 0 aromatic carbocycles. The van der Waals surface area contributed by atoms with E-state index in [9.17, 15) is 0 Å². The zero-order valence-electron chi connectivity index (χ0n) is 13.5. The minimum atomic E-state index is 0.552. The predicted molar refractivity (Wildman–Crippen MR) is 83.1 cm³/mol. The molecular weight excluding hydrogens is 232 g/mol. The maximum atomic E-state index is 6.01. The molecule has 2 aliphatic carbocycles. The summed E-state index contributed by atoms with van der Waals surface area (Å²) in [4.78, 5) is 2.72. The summed E-state index contributed by atoms with van der Waals surface area (Å²) in [5.41, 5.74) is 6.56. The van der Waals surface area contributed by atoms with Crippen LogP contribution in [0.25, 0.3) is 0 Å². The molecule has 2 heteroatoms. The summed E-state index contributed by atoms with van der Waals surface area (Å²) in [6, 6.07) is 1.53. The van der Waals surface area contributed by atoms with E-state index in [-0.39, 0.29) is 0 Å². The van der Waals surface area contributed by atoms with Crippen LogP contribution in [0.5, 0.6) is 0 Å². The second-order valence-electron chi connectivity index (χ2n) is 7.96. The van der Waals surface area contributed by atoms with Crippen molar-refractivity contribution in [3.8, 4) is 0 Å². The molecule has 2 fully saturated rings. The van der Waals surface area contributed by atoms with Crippen LogP contribution in [-0.4, -0.2) is 30.6 Å². The normalized spacial score (nSPS) is 39.5. The van der Waals surface area contributed by atoms with Crippen molar-refractivity contribution in [3.63, 3.8) is 0 Å². The predicted octanol–water partition coefficient (Wildman–Crippen LogP) is 3.65. The molecule has 0 heterocycles. The van der Waals surface area contributed by atoms with E-state index in [1.807, 2.05) is 0 Å². The Hall–Kier alpha value is -0.0800. The van der Waals surface area contributed by atoms with Gasteiger partial charge in [-0.1, -0.05) is 33.6 Å². The number of nitrogens with two attached hydrogens (primary N) is 1. The molecule has 112 valence electrons. The Bertz CT molecular complexity index is 287. The van der Waals surface area contributed by atoms with Gasteiger partial charge in [0, 0.05) is 12.1 Å². The van der Waals surface area contributed by atoms with Gasteiger partial charge in [-0.3, -0.25) is 4.90 Å². The van der Waals surface area contributed by atoms with Gasteiger partial charge in [0.2, 0.25) is 0 Å². The summed E-state index contributed by atoms with van der Waals surface area (Å²) >= 11 is 0. The molecule has 4 unspecified atom stereocenters. The average Bonchev–Trinajstić information content (AvgIpc) is 2.37. The largest absolute Gasteiger partial charge is 0.330 e. The minimum absolute atomic E-state index is 0.552. The van der Waals surface area contributed by atoms with Crippen LogP contribution < -0.4 is 5.73 Å². The van der Waals surface area contributed by atoms with Gasteiger partial charge in [-0.2, -0.15) is 0 Å². The van der Waals surface area contributed by atoms with E-state index in [0.29, 0.717) is 5.41 Å². The number of hydrogen-bond acceptors (Lipinski definition) is 2. The topological polar surface area (TPSA) is 29.3 Å². The highest BCUT2D eigenvalue weighted by Crippen LogP contribution is 2.41. The third-order valence-corrected chi connectivity index (χ3v) is 5.87. The van der Waals surface area contributed by atoms with Gasteiger partial charge in [0.1, 0.15) is 0 Å². The first-order chi connectivity index (χ1) is 8.94. The summed E-state index contributed by atoms with van der Waals surface area (Å²) in [5.74, 6) is 1.56. The average molecular weight is 266 g/mol. The summed E-state index contributed by atoms with van der Waals surface area (Å²) in [5, 5.41) is 0. The third kappa shape index (κ3) is 3.52. The smallest absolute Gasteiger partial charge is 0.0135 e. The lowest BCUT2D eigenvalue weighted by Gasteiger charge is -2.48. The molecule has 4 atom stereocenters. The monoisotopic (exact) mass is 266 g/mol. The van der Waals surface area contributed by atoms with Crippen molar-refractivity contribution in [3.05, 3.63) is 0 Å². The van der Waals surface area contributed by atoms with Crippen LogP contribution in [0, 0.1) is 17.3 Å². The van der Waals surface area contributed by atoms with E-state index >= 15 is 0 Å². The summed E-state index contributed by atoms with van der Waals surface area (Å²) < 4.78 is 0. The maximum Gasteiger partial charge on any atom is 0.0135 e. The van der Waals surface area contributed by atoms with Gasteiger partial charge in [-0.05, 0) is 62.9 Å². The molecule has 0 radical (unpaired) electrons. The Kier molecular flexibility index (Phi) is 4.94. The van der Waals surface area contributed by atoms with Crippen LogP contribution in [0.2, 0.25) is 0 Å². The standard InChI is InChI=1S/C17H34N2/c1-13-11-17(2,3)10-9-15(13)19(4)16-8-6-5-7-14(16)12-18/h13-16H,5-12,18H2,1-4H3. The first-order valence-electron chi connectivity index (χ1n) is 8.36. The van der Waals surface area contributed by atoms with E-state index in [2.05, 4.69) is 32.7 Å². The van der Waals surface area contributed by atoms with Crippen molar-refractivity contribution in [1.82, 2.24) is 4.90 Å². The summed E-state index contributed by atoms with van der Waals surface area (Å²) in [6.07, 6.45) is 9.63. The fourth-order valence-corrected chi connectivity index (χ4v) is 4.78. The van der Waals surface area contributed by atoms with Crippen LogP contribution >= 0.6 is 0 Å². The molecular formula is C17H34N2. The Morgan fingerprint density at radius 1 is 1.11 bits per heavy atom. The molecule has 2 aliphatic rings. The van der Waals surface area contributed by atoms with E-state index < -0.39 is 0 Å². The maximum absolute atomic E-state index is 6.01. The van der Waals surface area contributed by atoms with Gasteiger partial charge in [0.25, 0.3) is 0 Å². The SMILES string of the molecule is CC1CC(C)(C)CCC1N(C)C1CCCCC1CN. The number of nitrogens with zero attached hydrogens (tertiary/aromatic N) is 1. The van der Waals surface area contributed by atoms with E-state index in [1.165, 1.54) is 44.9 Å². The number of rotatable bonds is 3.